The number of urea groups is 1. The third kappa shape index (κ3) is 5.31. The van der Waals surface area contributed by atoms with Crippen molar-refractivity contribution in [3.8, 4) is 5.75 Å². The van der Waals surface area contributed by atoms with Gasteiger partial charge in [0.05, 0.1) is 39.6 Å². The number of aromatic nitrogens is 1. The molecule has 4 aromatic rings. The molecule has 4 rings (SSSR count). The van der Waals surface area contributed by atoms with Gasteiger partial charge < -0.3 is 15.4 Å². The van der Waals surface area contributed by atoms with Gasteiger partial charge >= 0.3 is 6.03 Å². The van der Waals surface area contributed by atoms with Crippen LogP contribution in [0.5, 0.6) is 5.75 Å². The van der Waals surface area contributed by atoms with Gasteiger partial charge in [-0.2, -0.15) is 0 Å². The normalized spacial score (nSPS) is 11.2. The molecule has 0 fully saturated rings. The fraction of sp³-hybridized carbons (Fsp3) is 0.0833. The molecule has 0 unspecified atom stereocenters. The summed E-state index contributed by atoms with van der Waals surface area (Å²) in [6.07, 6.45) is 0. The molecule has 0 saturated heterocycles. The first-order chi connectivity index (χ1) is 17.1. The molecule has 3 N–H and O–H groups in total. The number of halogens is 3. The van der Waals surface area contributed by atoms with E-state index in [0.29, 0.717) is 33.7 Å². The van der Waals surface area contributed by atoms with E-state index in [1.54, 1.807) is 25.1 Å². The highest BCUT2D eigenvalue weighted by atomic mass is 35.5. The number of carbonyl (C=O) groups is 1. The number of hydrogen-bond donors (Lipinski definition) is 3. The molecular formula is C24H19ClF2N4O4S. The van der Waals surface area contributed by atoms with Gasteiger partial charge in [0.15, 0.2) is 0 Å². The molecule has 3 aromatic carbocycles. The summed E-state index contributed by atoms with van der Waals surface area (Å²) in [5.41, 5.74) is 1.81. The number of sulfonamides is 1. The van der Waals surface area contributed by atoms with Gasteiger partial charge in [0.1, 0.15) is 17.4 Å². The Bertz CT molecular complexity index is 1580. The summed E-state index contributed by atoms with van der Waals surface area (Å²) in [7, 11) is -2.80. The number of amides is 2. The smallest absolute Gasteiger partial charge is 0.333 e. The third-order valence-corrected chi connectivity index (χ3v) is 6.79. The maximum atomic E-state index is 13.7. The molecule has 0 saturated carbocycles. The predicted molar refractivity (Wildman–Crippen MR) is 133 cm³/mol. The number of hydrogen-bond acceptors (Lipinski definition) is 6. The monoisotopic (exact) mass is 532 g/mol. The van der Waals surface area contributed by atoms with Crippen molar-refractivity contribution >= 4 is 55.6 Å². The number of carbonyl (C=O) groups excluding carboxylic acids is 1. The van der Waals surface area contributed by atoms with Gasteiger partial charge in [-0.3, -0.25) is 4.98 Å². The average Bonchev–Trinajstić information content (AvgIpc) is 2.83. The number of nitrogens with zero attached hydrogens (tertiary/aromatic N) is 1. The van der Waals surface area contributed by atoms with E-state index < -0.39 is 27.7 Å². The molecule has 0 aliphatic carbocycles. The van der Waals surface area contributed by atoms with Crippen molar-refractivity contribution in [2.75, 3.05) is 17.7 Å². The second kappa shape index (κ2) is 9.96. The first kappa shape index (κ1) is 25.1. The predicted octanol–water partition coefficient (Wildman–Crippen LogP) is 5.74. The second-order valence-corrected chi connectivity index (χ2v) is 9.69. The molecule has 0 radical (unpaired) electrons. The number of aryl methyl sites for hydroxylation is 1. The molecule has 186 valence electrons. The van der Waals surface area contributed by atoms with Crippen LogP contribution in [0.3, 0.4) is 0 Å². The molecule has 1 aromatic heterocycles. The molecule has 0 aliphatic heterocycles. The molecule has 2 amide bonds. The third-order valence-electron chi connectivity index (χ3n) is 5.15. The summed E-state index contributed by atoms with van der Waals surface area (Å²) in [4.78, 5) is 16.9. The number of ether oxygens (including phenoxy) is 1. The first-order valence-electron chi connectivity index (χ1n) is 10.4. The Morgan fingerprint density at radius 1 is 1.00 bits per heavy atom. The van der Waals surface area contributed by atoms with Crippen LogP contribution in [0.1, 0.15) is 5.69 Å². The Balaban J connectivity index is 1.75. The summed E-state index contributed by atoms with van der Waals surface area (Å²) in [6, 6.07) is 12.0. The summed E-state index contributed by atoms with van der Waals surface area (Å²) in [5.74, 6) is -0.727. The molecule has 0 atom stereocenters. The van der Waals surface area contributed by atoms with E-state index in [1.165, 1.54) is 25.3 Å². The Morgan fingerprint density at radius 3 is 2.39 bits per heavy atom. The Labute approximate surface area is 210 Å². The number of benzene rings is 3. The highest BCUT2D eigenvalue weighted by Gasteiger charge is 2.21. The van der Waals surface area contributed by atoms with Gasteiger partial charge in [0.25, 0.3) is 10.0 Å². The fourth-order valence-corrected chi connectivity index (χ4v) is 4.51. The van der Waals surface area contributed by atoms with Gasteiger partial charge in [-0.15, -0.1) is 0 Å². The van der Waals surface area contributed by atoms with Crippen LogP contribution in [0.15, 0.2) is 65.6 Å². The van der Waals surface area contributed by atoms with Crippen LogP contribution < -0.4 is 20.1 Å². The van der Waals surface area contributed by atoms with Gasteiger partial charge in [0, 0.05) is 11.1 Å². The Hall–Kier alpha value is -3.96. The van der Waals surface area contributed by atoms with Crippen LogP contribution in [0.4, 0.5) is 30.6 Å². The van der Waals surface area contributed by atoms with E-state index in [9.17, 15) is 22.0 Å². The van der Waals surface area contributed by atoms with E-state index >= 15 is 0 Å². The van der Waals surface area contributed by atoms with E-state index in [1.807, 2.05) is 4.72 Å². The number of rotatable bonds is 6. The zero-order valence-electron chi connectivity index (χ0n) is 18.9. The molecule has 0 spiro atoms. The molecule has 0 aliphatic rings. The van der Waals surface area contributed by atoms with Crippen LogP contribution in [0, 0.1) is 18.6 Å². The van der Waals surface area contributed by atoms with Crippen LogP contribution in [0.25, 0.3) is 10.9 Å². The maximum Gasteiger partial charge on any atom is 0.333 e. The number of fused-ring (bicyclic) bond motifs is 1. The van der Waals surface area contributed by atoms with Crippen molar-refractivity contribution in [1.29, 1.82) is 0 Å². The Morgan fingerprint density at radius 2 is 1.72 bits per heavy atom. The summed E-state index contributed by atoms with van der Waals surface area (Å²) >= 11 is 5.92. The van der Waals surface area contributed by atoms with Crippen LogP contribution in [-0.4, -0.2) is 26.5 Å². The lowest BCUT2D eigenvalue weighted by Crippen LogP contribution is -2.34. The number of anilines is 3. The van der Waals surface area contributed by atoms with E-state index in [-0.39, 0.29) is 15.6 Å². The van der Waals surface area contributed by atoms with Crippen molar-refractivity contribution < 1.29 is 26.7 Å². The molecular weight excluding hydrogens is 514 g/mol. The Kier molecular flexibility index (Phi) is 6.95. The highest BCUT2D eigenvalue weighted by Crippen LogP contribution is 2.37. The number of methoxy groups -OCH3 is 1. The van der Waals surface area contributed by atoms with Crippen LogP contribution in [0.2, 0.25) is 5.02 Å². The molecule has 12 heteroatoms. The molecule has 36 heavy (non-hydrogen) atoms. The van der Waals surface area contributed by atoms with E-state index in [4.69, 9.17) is 16.3 Å². The maximum absolute atomic E-state index is 13.7. The fourth-order valence-electron chi connectivity index (χ4n) is 3.43. The SMILES string of the molecule is COc1ccc2nc(C)c(NC(=O)NS(=O)(=O)c3ccc(F)cc3)c(Nc3ccc(F)c(Cl)c3)c2c1. The summed E-state index contributed by atoms with van der Waals surface area (Å²) in [5, 5.41) is 6.02. The van der Waals surface area contributed by atoms with Crippen molar-refractivity contribution in [2.24, 2.45) is 0 Å². The van der Waals surface area contributed by atoms with Crippen LogP contribution in [-0.2, 0) is 10.0 Å². The van der Waals surface area contributed by atoms with Crippen molar-refractivity contribution in [3.05, 3.63) is 83.0 Å². The standard InChI is InChI=1S/C24H19ClF2N4O4S/c1-13-22(30-24(32)31-36(33,34)17-7-3-14(26)4-8-17)23(29-15-5-9-20(27)19(25)11-15)18-12-16(35-2)6-10-21(18)28-13/h3-12H,1-2H3,(H,28,29)(H2,30,31,32). The topological polar surface area (TPSA) is 109 Å². The average molecular weight is 533 g/mol. The lowest BCUT2D eigenvalue weighted by atomic mass is 10.1. The first-order valence-corrected chi connectivity index (χ1v) is 12.2. The largest absolute Gasteiger partial charge is 0.497 e. The minimum absolute atomic E-state index is 0.120. The summed E-state index contributed by atoms with van der Waals surface area (Å²) < 4.78 is 59.2. The van der Waals surface area contributed by atoms with E-state index in [0.717, 1.165) is 24.3 Å². The zero-order valence-corrected chi connectivity index (χ0v) is 20.5. The minimum Gasteiger partial charge on any atom is -0.497 e. The van der Waals surface area contributed by atoms with Gasteiger partial charge in [-0.05, 0) is 67.6 Å². The lowest BCUT2D eigenvalue weighted by Gasteiger charge is -2.19. The van der Waals surface area contributed by atoms with Crippen molar-refractivity contribution in [3.63, 3.8) is 0 Å². The summed E-state index contributed by atoms with van der Waals surface area (Å²) in [6.45, 7) is 1.62. The molecule has 0 bridgehead atoms. The quantitative estimate of drug-likeness (QED) is 0.292. The number of nitrogens with one attached hydrogen (secondary N) is 3. The van der Waals surface area contributed by atoms with E-state index in [2.05, 4.69) is 15.6 Å². The second-order valence-electron chi connectivity index (χ2n) is 7.60. The number of pyridine rings is 1. The molecule has 8 nitrogen and oxygen atoms in total. The lowest BCUT2D eigenvalue weighted by molar-refractivity contribution is 0.256. The zero-order chi connectivity index (χ0) is 26.0. The molecule has 1 heterocycles. The highest BCUT2D eigenvalue weighted by molar-refractivity contribution is 7.90. The van der Waals surface area contributed by atoms with Crippen molar-refractivity contribution in [2.45, 2.75) is 11.8 Å². The van der Waals surface area contributed by atoms with Crippen molar-refractivity contribution in [1.82, 2.24) is 9.71 Å². The van der Waals surface area contributed by atoms with Gasteiger partial charge in [-0.25, -0.2) is 26.7 Å². The van der Waals surface area contributed by atoms with Gasteiger partial charge in [0.2, 0.25) is 0 Å². The van der Waals surface area contributed by atoms with Gasteiger partial charge in [-0.1, -0.05) is 11.6 Å². The van der Waals surface area contributed by atoms with Crippen LogP contribution >= 0.6 is 11.6 Å². The minimum atomic E-state index is -4.29.